The highest BCUT2D eigenvalue weighted by Gasteiger charge is 2.11. The topological polar surface area (TPSA) is 42.4 Å². The molecule has 2 rings (SSSR count). The van der Waals surface area contributed by atoms with Gasteiger partial charge in [0.1, 0.15) is 11.5 Å². The molecule has 0 aliphatic rings. The van der Waals surface area contributed by atoms with Gasteiger partial charge in [0, 0.05) is 18.8 Å². The van der Waals surface area contributed by atoms with Crippen molar-refractivity contribution in [2.75, 3.05) is 11.9 Å². The molecule has 0 spiro atoms. The lowest BCUT2D eigenvalue weighted by molar-refractivity contribution is 0.481. The van der Waals surface area contributed by atoms with E-state index in [1.54, 1.807) is 0 Å². The fourth-order valence-corrected chi connectivity index (χ4v) is 2.11. The monoisotopic (exact) mass is 244 g/mol. The van der Waals surface area contributed by atoms with Crippen molar-refractivity contribution >= 4 is 5.69 Å². The van der Waals surface area contributed by atoms with Crippen molar-refractivity contribution < 1.29 is 4.42 Å². The predicted molar refractivity (Wildman–Crippen MR) is 74.6 cm³/mol. The van der Waals surface area contributed by atoms with Crippen LogP contribution in [-0.2, 0) is 6.54 Å². The summed E-state index contributed by atoms with van der Waals surface area (Å²) in [6.07, 6.45) is 0. The standard InChI is InChI=1S/C15H20N2O/c1-11-8-9-13(18-11)10-17(3)15-7-5-4-6-14(15)12(2)16/h4-9,12H,10,16H2,1-3H3. The molecule has 18 heavy (non-hydrogen) atoms. The van der Waals surface area contributed by atoms with Crippen molar-refractivity contribution in [3.8, 4) is 0 Å². The summed E-state index contributed by atoms with van der Waals surface area (Å²) < 4.78 is 5.60. The molecule has 1 atom stereocenters. The van der Waals surface area contributed by atoms with E-state index in [0.29, 0.717) is 0 Å². The third-order valence-electron chi connectivity index (χ3n) is 3.03. The molecule has 0 fully saturated rings. The zero-order valence-electron chi connectivity index (χ0n) is 11.2. The highest BCUT2D eigenvalue weighted by molar-refractivity contribution is 5.54. The van der Waals surface area contributed by atoms with Gasteiger partial charge in [-0.25, -0.2) is 0 Å². The molecule has 1 unspecified atom stereocenters. The van der Waals surface area contributed by atoms with Gasteiger partial charge in [0.15, 0.2) is 0 Å². The summed E-state index contributed by atoms with van der Waals surface area (Å²) >= 11 is 0. The molecule has 1 aromatic heterocycles. The molecular formula is C15H20N2O. The molecule has 2 N–H and O–H groups in total. The second-order valence-corrected chi connectivity index (χ2v) is 4.72. The van der Waals surface area contributed by atoms with Crippen LogP contribution in [0.5, 0.6) is 0 Å². The van der Waals surface area contributed by atoms with Gasteiger partial charge >= 0.3 is 0 Å². The zero-order chi connectivity index (χ0) is 13.1. The fourth-order valence-electron chi connectivity index (χ4n) is 2.11. The first kappa shape index (κ1) is 12.7. The molecule has 0 saturated heterocycles. The Bertz CT molecular complexity index is 517. The quantitative estimate of drug-likeness (QED) is 0.897. The van der Waals surface area contributed by atoms with Gasteiger partial charge in [-0.3, -0.25) is 0 Å². The number of anilines is 1. The molecule has 3 nitrogen and oxygen atoms in total. The predicted octanol–water partition coefficient (Wildman–Crippen LogP) is 3.24. The smallest absolute Gasteiger partial charge is 0.123 e. The van der Waals surface area contributed by atoms with E-state index in [9.17, 15) is 0 Å². The molecule has 96 valence electrons. The highest BCUT2D eigenvalue weighted by atomic mass is 16.3. The summed E-state index contributed by atoms with van der Waals surface area (Å²) in [7, 11) is 2.05. The third-order valence-corrected chi connectivity index (χ3v) is 3.03. The van der Waals surface area contributed by atoms with E-state index in [1.807, 2.05) is 38.1 Å². The third kappa shape index (κ3) is 2.74. The minimum absolute atomic E-state index is 0.0296. The Balaban J connectivity index is 2.20. The number of rotatable bonds is 4. The van der Waals surface area contributed by atoms with Crippen LogP contribution in [0.25, 0.3) is 0 Å². The molecule has 2 aromatic rings. The SMILES string of the molecule is Cc1ccc(CN(C)c2ccccc2C(C)N)o1. The summed E-state index contributed by atoms with van der Waals surface area (Å²) in [5.41, 5.74) is 8.31. The Labute approximate surface area is 108 Å². The lowest BCUT2D eigenvalue weighted by Gasteiger charge is -2.23. The lowest BCUT2D eigenvalue weighted by atomic mass is 10.1. The summed E-state index contributed by atoms with van der Waals surface area (Å²) in [5, 5.41) is 0. The maximum atomic E-state index is 6.00. The second-order valence-electron chi connectivity index (χ2n) is 4.72. The van der Waals surface area contributed by atoms with Gasteiger partial charge in [-0.1, -0.05) is 18.2 Å². The summed E-state index contributed by atoms with van der Waals surface area (Å²) in [6, 6.07) is 12.2. The number of nitrogens with two attached hydrogens (primary N) is 1. The van der Waals surface area contributed by atoms with Crippen molar-refractivity contribution in [3.05, 3.63) is 53.5 Å². The van der Waals surface area contributed by atoms with Gasteiger partial charge in [-0.05, 0) is 37.6 Å². The van der Waals surface area contributed by atoms with Crippen LogP contribution < -0.4 is 10.6 Å². The molecule has 0 bridgehead atoms. The first-order chi connectivity index (χ1) is 8.58. The zero-order valence-corrected chi connectivity index (χ0v) is 11.2. The van der Waals surface area contributed by atoms with E-state index in [4.69, 9.17) is 10.2 Å². The van der Waals surface area contributed by atoms with Crippen LogP contribution >= 0.6 is 0 Å². The van der Waals surface area contributed by atoms with Gasteiger partial charge in [0.2, 0.25) is 0 Å². The van der Waals surface area contributed by atoms with Crippen LogP contribution in [0, 0.1) is 6.92 Å². The molecule has 0 radical (unpaired) electrons. The van der Waals surface area contributed by atoms with Crippen molar-refractivity contribution in [2.45, 2.75) is 26.4 Å². The van der Waals surface area contributed by atoms with Crippen molar-refractivity contribution in [3.63, 3.8) is 0 Å². The van der Waals surface area contributed by atoms with E-state index < -0.39 is 0 Å². The van der Waals surface area contributed by atoms with Gasteiger partial charge in [0.25, 0.3) is 0 Å². The minimum Gasteiger partial charge on any atom is -0.464 e. The van der Waals surface area contributed by atoms with Crippen molar-refractivity contribution in [2.24, 2.45) is 5.73 Å². The first-order valence-corrected chi connectivity index (χ1v) is 6.19. The van der Waals surface area contributed by atoms with Crippen LogP contribution in [0.15, 0.2) is 40.8 Å². The fraction of sp³-hybridized carbons (Fsp3) is 0.333. The molecule has 1 aromatic carbocycles. The van der Waals surface area contributed by atoms with Crippen LogP contribution in [0.2, 0.25) is 0 Å². The number of furan rings is 1. The van der Waals surface area contributed by atoms with E-state index in [2.05, 4.69) is 24.1 Å². The van der Waals surface area contributed by atoms with Crippen molar-refractivity contribution in [1.29, 1.82) is 0 Å². The molecular weight excluding hydrogens is 224 g/mol. The molecule has 0 amide bonds. The summed E-state index contributed by atoms with van der Waals surface area (Å²) in [5.74, 6) is 1.91. The van der Waals surface area contributed by atoms with Gasteiger partial charge in [-0.2, -0.15) is 0 Å². The Kier molecular flexibility index (Phi) is 3.72. The number of hydrogen-bond donors (Lipinski definition) is 1. The maximum absolute atomic E-state index is 6.00. The molecule has 3 heteroatoms. The van der Waals surface area contributed by atoms with Crippen LogP contribution in [0.3, 0.4) is 0 Å². The first-order valence-electron chi connectivity index (χ1n) is 6.19. The highest BCUT2D eigenvalue weighted by Crippen LogP contribution is 2.25. The van der Waals surface area contributed by atoms with E-state index in [-0.39, 0.29) is 6.04 Å². The Morgan fingerprint density at radius 2 is 1.94 bits per heavy atom. The minimum atomic E-state index is 0.0296. The number of para-hydroxylation sites is 1. The average Bonchev–Trinajstić information content (AvgIpc) is 2.74. The lowest BCUT2D eigenvalue weighted by Crippen LogP contribution is -2.19. The van der Waals surface area contributed by atoms with E-state index in [0.717, 1.165) is 29.3 Å². The maximum Gasteiger partial charge on any atom is 0.123 e. The number of hydrogen-bond acceptors (Lipinski definition) is 3. The van der Waals surface area contributed by atoms with E-state index >= 15 is 0 Å². The second kappa shape index (κ2) is 5.27. The molecule has 0 saturated carbocycles. The summed E-state index contributed by atoms with van der Waals surface area (Å²) in [6.45, 7) is 4.71. The van der Waals surface area contributed by atoms with Crippen LogP contribution in [0.4, 0.5) is 5.69 Å². The van der Waals surface area contributed by atoms with Crippen LogP contribution in [0.1, 0.15) is 30.0 Å². The molecule has 0 aliphatic heterocycles. The summed E-state index contributed by atoms with van der Waals surface area (Å²) in [4.78, 5) is 2.16. The Hall–Kier alpha value is -1.74. The average molecular weight is 244 g/mol. The molecule has 1 heterocycles. The molecule has 0 aliphatic carbocycles. The van der Waals surface area contributed by atoms with E-state index in [1.165, 1.54) is 0 Å². The number of aryl methyl sites for hydroxylation is 1. The number of benzene rings is 1. The van der Waals surface area contributed by atoms with Gasteiger partial charge < -0.3 is 15.1 Å². The Morgan fingerprint density at radius 3 is 2.56 bits per heavy atom. The largest absolute Gasteiger partial charge is 0.464 e. The number of nitrogens with zero attached hydrogens (tertiary/aromatic N) is 1. The Morgan fingerprint density at radius 1 is 1.22 bits per heavy atom. The normalized spacial score (nSPS) is 12.4. The van der Waals surface area contributed by atoms with Gasteiger partial charge in [-0.15, -0.1) is 0 Å². The van der Waals surface area contributed by atoms with Crippen molar-refractivity contribution in [1.82, 2.24) is 0 Å². The van der Waals surface area contributed by atoms with Gasteiger partial charge in [0.05, 0.1) is 6.54 Å². The van der Waals surface area contributed by atoms with Crippen LogP contribution in [-0.4, -0.2) is 7.05 Å².